The van der Waals surface area contributed by atoms with Gasteiger partial charge < -0.3 is 16.8 Å². The Morgan fingerprint density at radius 3 is 2.80 bits per heavy atom. The number of fused-ring (bicyclic) bond motifs is 1. The molecule has 1 aromatic heterocycles. The van der Waals surface area contributed by atoms with E-state index in [9.17, 15) is 4.79 Å². The Balaban J connectivity index is 1.47. The monoisotopic (exact) mass is 339 g/mol. The van der Waals surface area contributed by atoms with Gasteiger partial charge in [0.25, 0.3) is 0 Å². The second kappa shape index (κ2) is 6.61. The Kier molecular flexibility index (Phi) is 4.31. The van der Waals surface area contributed by atoms with Crippen LogP contribution >= 0.6 is 0 Å². The van der Waals surface area contributed by atoms with Crippen LogP contribution in [0, 0.1) is 5.92 Å². The fourth-order valence-corrected chi connectivity index (χ4v) is 4.04. The number of hydrogen-bond acceptors (Lipinski definition) is 5. The molecule has 1 saturated carbocycles. The van der Waals surface area contributed by atoms with Gasteiger partial charge in [0.1, 0.15) is 5.82 Å². The molecule has 6 heteroatoms. The molecule has 0 amide bonds. The molecule has 0 aliphatic heterocycles. The third-order valence-corrected chi connectivity index (χ3v) is 5.56. The highest BCUT2D eigenvalue weighted by Gasteiger charge is 2.30. The molecule has 0 saturated heterocycles. The first-order valence-electron chi connectivity index (χ1n) is 9.06. The van der Waals surface area contributed by atoms with Crippen molar-refractivity contribution >= 4 is 5.82 Å². The van der Waals surface area contributed by atoms with E-state index in [1.165, 1.54) is 24.0 Å². The Bertz CT molecular complexity index is 825. The van der Waals surface area contributed by atoms with Crippen LogP contribution in [0.15, 0.2) is 35.3 Å². The van der Waals surface area contributed by atoms with Crippen molar-refractivity contribution in [2.45, 2.75) is 44.2 Å². The number of aryl methyl sites for hydroxylation is 1. The molecule has 1 aromatic carbocycles. The van der Waals surface area contributed by atoms with Gasteiger partial charge in [0.2, 0.25) is 0 Å². The molecule has 2 aliphatic carbocycles. The van der Waals surface area contributed by atoms with E-state index in [1.807, 2.05) is 6.07 Å². The lowest BCUT2D eigenvalue weighted by molar-refractivity contribution is 0.205. The Morgan fingerprint density at radius 2 is 2.04 bits per heavy atom. The zero-order valence-electron chi connectivity index (χ0n) is 14.3. The van der Waals surface area contributed by atoms with Crippen molar-refractivity contribution in [1.29, 1.82) is 0 Å². The summed E-state index contributed by atoms with van der Waals surface area (Å²) in [6.45, 7) is 0.813. The molecular weight excluding hydrogens is 314 g/mol. The van der Waals surface area contributed by atoms with E-state index in [0.717, 1.165) is 31.5 Å². The summed E-state index contributed by atoms with van der Waals surface area (Å²) >= 11 is 0. The van der Waals surface area contributed by atoms with Crippen molar-refractivity contribution in [2.24, 2.45) is 11.7 Å². The molecule has 132 valence electrons. The molecular formula is C19H25N5O. The molecule has 0 bridgehead atoms. The van der Waals surface area contributed by atoms with E-state index in [0.29, 0.717) is 18.0 Å². The number of nitrogens with two attached hydrogens (primary N) is 2. The van der Waals surface area contributed by atoms with Crippen molar-refractivity contribution < 1.29 is 0 Å². The zero-order chi connectivity index (χ0) is 17.4. The summed E-state index contributed by atoms with van der Waals surface area (Å²) in [5, 5.41) is 3.79. The zero-order valence-corrected chi connectivity index (χ0v) is 14.3. The summed E-state index contributed by atoms with van der Waals surface area (Å²) < 4.78 is 1.54. The Hall–Kier alpha value is -2.18. The Labute approximate surface area is 147 Å². The van der Waals surface area contributed by atoms with Crippen molar-refractivity contribution in [3.05, 3.63) is 52.1 Å². The highest BCUT2D eigenvalue weighted by atomic mass is 16.1. The minimum absolute atomic E-state index is 0.251. The van der Waals surface area contributed by atoms with Gasteiger partial charge in [-0.05, 0) is 73.9 Å². The maximum atomic E-state index is 12.0. The molecule has 2 aromatic rings. The van der Waals surface area contributed by atoms with Crippen LogP contribution in [0.3, 0.4) is 0 Å². The number of nitrogen functional groups attached to an aromatic ring is 1. The fraction of sp³-hybridized carbons (Fsp3) is 0.474. The molecule has 0 spiro atoms. The van der Waals surface area contributed by atoms with Crippen molar-refractivity contribution in [1.82, 2.24) is 14.9 Å². The van der Waals surface area contributed by atoms with Crippen LogP contribution in [0.5, 0.6) is 0 Å². The van der Waals surface area contributed by atoms with Gasteiger partial charge in [-0.25, -0.2) is 4.79 Å². The topological polar surface area (TPSA) is 99.0 Å². The van der Waals surface area contributed by atoms with E-state index in [2.05, 4.69) is 22.4 Å². The Morgan fingerprint density at radius 1 is 1.20 bits per heavy atom. The first-order chi connectivity index (χ1) is 12.1. The van der Waals surface area contributed by atoms with Gasteiger partial charge in [-0.3, -0.25) is 4.57 Å². The third-order valence-electron chi connectivity index (χ3n) is 5.56. The van der Waals surface area contributed by atoms with Gasteiger partial charge >= 0.3 is 5.69 Å². The predicted octanol–water partition coefficient (Wildman–Crippen LogP) is 0.999. The number of rotatable bonds is 4. The molecule has 5 N–H and O–H groups in total. The second-order valence-electron chi connectivity index (χ2n) is 7.33. The lowest BCUT2D eigenvalue weighted by atomic mass is 9.79. The number of hydrogen-bond donors (Lipinski definition) is 3. The maximum absolute atomic E-state index is 12.0. The van der Waals surface area contributed by atoms with Crippen molar-refractivity contribution in [3.63, 3.8) is 0 Å². The molecule has 1 heterocycles. The molecule has 1 fully saturated rings. The average Bonchev–Trinajstić information content (AvgIpc) is 2.57. The minimum Gasteiger partial charge on any atom is -0.383 e. The number of nitrogens with one attached hydrogen (secondary N) is 1. The molecule has 0 radical (unpaired) electrons. The van der Waals surface area contributed by atoms with Gasteiger partial charge in [0.05, 0.1) is 5.69 Å². The highest BCUT2D eigenvalue weighted by Crippen LogP contribution is 2.29. The summed E-state index contributed by atoms with van der Waals surface area (Å²) in [4.78, 5) is 15.8. The number of nitrogens with zero attached hydrogens (tertiary/aromatic N) is 2. The number of anilines is 1. The summed E-state index contributed by atoms with van der Waals surface area (Å²) in [7, 11) is 0. The molecule has 25 heavy (non-hydrogen) atoms. The molecule has 4 rings (SSSR count). The van der Waals surface area contributed by atoms with Gasteiger partial charge in [0, 0.05) is 18.3 Å². The quantitative estimate of drug-likeness (QED) is 0.772. The van der Waals surface area contributed by atoms with Crippen LogP contribution < -0.4 is 22.5 Å². The minimum atomic E-state index is -0.338. The SMILES string of the molecule is NC[C@H]1C[C@@H](NC2CCc3cc(-n4ccc(N)nc4=O)ccc3C2)C1. The van der Waals surface area contributed by atoms with E-state index in [1.54, 1.807) is 16.8 Å². The normalized spacial score (nSPS) is 25.2. The second-order valence-corrected chi connectivity index (χ2v) is 7.33. The lowest BCUT2D eigenvalue weighted by Gasteiger charge is -2.39. The first kappa shape index (κ1) is 16.3. The van der Waals surface area contributed by atoms with Crippen molar-refractivity contribution in [2.75, 3.05) is 12.3 Å². The summed E-state index contributed by atoms with van der Waals surface area (Å²) in [6, 6.07) is 9.08. The lowest BCUT2D eigenvalue weighted by Crippen LogP contribution is -2.49. The highest BCUT2D eigenvalue weighted by molar-refractivity contribution is 5.43. The van der Waals surface area contributed by atoms with Crippen LogP contribution in [0.2, 0.25) is 0 Å². The number of aromatic nitrogens is 2. The van der Waals surface area contributed by atoms with Crippen LogP contribution in [-0.2, 0) is 12.8 Å². The molecule has 1 unspecified atom stereocenters. The standard InChI is InChI=1S/C19H25N5O/c20-11-12-7-16(8-12)22-15-3-1-14-10-17(4-2-13(14)9-15)24-6-5-18(21)23-19(24)25/h2,4-6,10,12,15-16,22H,1,3,7-9,11,20H2,(H2,21,23,25)/t12-,15?,16+. The maximum Gasteiger partial charge on any atom is 0.354 e. The van der Waals surface area contributed by atoms with Crippen LogP contribution in [0.25, 0.3) is 5.69 Å². The van der Waals surface area contributed by atoms with Gasteiger partial charge in [-0.2, -0.15) is 4.98 Å². The first-order valence-corrected chi connectivity index (χ1v) is 9.06. The third kappa shape index (κ3) is 3.32. The molecule has 1 atom stereocenters. The number of benzene rings is 1. The predicted molar refractivity (Wildman–Crippen MR) is 98.8 cm³/mol. The van der Waals surface area contributed by atoms with Crippen LogP contribution in [-0.4, -0.2) is 28.2 Å². The largest absolute Gasteiger partial charge is 0.383 e. The molecule has 2 aliphatic rings. The van der Waals surface area contributed by atoms with Gasteiger partial charge in [-0.1, -0.05) is 6.07 Å². The summed E-state index contributed by atoms with van der Waals surface area (Å²) in [5.74, 6) is 0.962. The average molecular weight is 339 g/mol. The summed E-state index contributed by atoms with van der Waals surface area (Å²) in [5.41, 5.74) is 14.5. The van der Waals surface area contributed by atoms with Crippen LogP contribution in [0.1, 0.15) is 30.4 Å². The van der Waals surface area contributed by atoms with E-state index in [-0.39, 0.29) is 11.5 Å². The van der Waals surface area contributed by atoms with E-state index >= 15 is 0 Å². The fourth-order valence-electron chi connectivity index (χ4n) is 4.04. The van der Waals surface area contributed by atoms with E-state index < -0.39 is 0 Å². The van der Waals surface area contributed by atoms with Gasteiger partial charge in [0.15, 0.2) is 0 Å². The van der Waals surface area contributed by atoms with Crippen LogP contribution in [0.4, 0.5) is 5.82 Å². The van der Waals surface area contributed by atoms with Crippen molar-refractivity contribution in [3.8, 4) is 5.69 Å². The van der Waals surface area contributed by atoms with Gasteiger partial charge in [-0.15, -0.1) is 0 Å². The smallest absolute Gasteiger partial charge is 0.354 e. The van der Waals surface area contributed by atoms with E-state index in [4.69, 9.17) is 11.5 Å². The molecule has 6 nitrogen and oxygen atoms in total. The summed E-state index contributed by atoms with van der Waals surface area (Å²) in [6.07, 6.45) is 7.33.